The van der Waals surface area contributed by atoms with Gasteiger partial charge in [-0.1, -0.05) is 19.9 Å². The lowest BCUT2D eigenvalue weighted by Gasteiger charge is -2.33. The fourth-order valence-corrected chi connectivity index (χ4v) is 6.08. The standard InChI is InChI=1S/C28H33F3N4O3/c1-16-6-8-19(9-7-16)35-14-18-11-23(33-26(37)22-4-3-5-25(32-22)28(29,30)31)24(12-21(18)27(35)38)34-13-17(2)10-20(34)15-36/h3-5,11-12,16-17,19-20,36H,6-10,13-15H2,1-2H3,(H,33,37)/t16-,17-,19-,20+/m1/s1. The number of benzene rings is 1. The largest absolute Gasteiger partial charge is 0.433 e. The Bertz CT molecular complexity index is 1230. The first kappa shape index (κ1) is 26.5. The van der Waals surface area contributed by atoms with Crippen LogP contribution in [0, 0.1) is 11.8 Å². The van der Waals surface area contributed by atoms with Crippen LogP contribution in [0.15, 0.2) is 30.3 Å². The Balaban J connectivity index is 1.49. The lowest BCUT2D eigenvalue weighted by Crippen LogP contribution is -2.38. The molecule has 1 saturated heterocycles. The van der Waals surface area contributed by atoms with Crippen molar-refractivity contribution >= 4 is 23.2 Å². The molecule has 2 aliphatic heterocycles. The number of rotatable bonds is 5. The van der Waals surface area contributed by atoms with E-state index in [0.717, 1.165) is 49.8 Å². The van der Waals surface area contributed by atoms with Gasteiger partial charge in [0.1, 0.15) is 11.4 Å². The molecule has 204 valence electrons. The fraction of sp³-hybridized carbons (Fsp3) is 0.536. The Morgan fingerprint density at radius 2 is 1.84 bits per heavy atom. The first-order valence-corrected chi connectivity index (χ1v) is 13.3. The van der Waals surface area contributed by atoms with Gasteiger partial charge in [-0.15, -0.1) is 0 Å². The van der Waals surface area contributed by atoms with E-state index in [0.29, 0.717) is 35.9 Å². The number of anilines is 2. The van der Waals surface area contributed by atoms with Gasteiger partial charge in [0.25, 0.3) is 11.8 Å². The van der Waals surface area contributed by atoms with Crippen molar-refractivity contribution in [1.29, 1.82) is 0 Å². The number of pyridine rings is 1. The van der Waals surface area contributed by atoms with Gasteiger partial charge in [-0.05, 0) is 73.8 Å². The van der Waals surface area contributed by atoms with Gasteiger partial charge in [-0.3, -0.25) is 9.59 Å². The highest BCUT2D eigenvalue weighted by Gasteiger charge is 2.38. The molecule has 38 heavy (non-hydrogen) atoms. The van der Waals surface area contributed by atoms with Crippen LogP contribution in [-0.2, 0) is 12.7 Å². The summed E-state index contributed by atoms with van der Waals surface area (Å²) in [6.45, 7) is 5.25. The number of nitrogens with zero attached hydrogens (tertiary/aromatic N) is 3. The van der Waals surface area contributed by atoms with Crippen molar-refractivity contribution in [3.05, 3.63) is 52.8 Å². The van der Waals surface area contributed by atoms with Crippen molar-refractivity contribution in [2.45, 2.75) is 70.8 Å². The molecule has 2 fully saturated rings. The first-order chi connectivity index (χ1) is 18.0. The second-order valence-corrected chi connectivity index (χ2v) is 11.1. The minimum atomic E-state index is -4.67. The number of carbonyl (C=O) groups is 2. The van der Waals surface area contributed by atoms with Crippen molar-refractivity contribution < 1.29 is 27.9 Å². The number of nitrogens with one attached hydrogen (secondary N) is 1. The molecule has 7 nitrogen and oxygen atoms in total. The van der Waals surface area contributed by atoms with Gasteiger partial charge >= 0.3 is 6.18 Å². The second-order valence-electron chi connectivity index (χ2n) is 11.1. The predicted molar refractivity (Wildman–Crippen MR) is 137 cm³/mol. The molecule has 2 aromatic rings. The number of aliphatic hydroxyl groups excluding tert-OH is 1. The molecule has 0 radical (unpaired) electrons. The van der Waals surface area contributed by atoms with E-state index >= 15 is 0 Å². The highest BCUT2D eigenvalue weighted by Crippen LogP contribution is 2.40. The lowest BCUT2D eigenvalue weighted by atomic mass is 9.86. The zero-order chi connectivity index (χ0) is 27.2. The molecule has 3 aliphatic rings. The fourth-order valence-electron chi connectivity index (χ4n) is 6.08. The van der Waals surface area contributed by atoms with Gasteiger partial charge in [0.2, 0.25) is 0 Å². The van der Waals surface area contributed by atoms with Gasteiger partial charge in [0.15, 0.2) is 0 Å². The number of amides is 2. The van der Waals surface area contributed by atoms with E-state index in [-0.39, 0.29) is 36.2 Å². The van der Waals surface area contributed by atoms with Crippen LogP contribution in [0.5, 0.6) is 0 Å². The lowest BCUT2D eigenvalue weighted by molar-refractivity contribution is -0.141. The molecule has 2 atom stereocenters. The molecule has 5 rings (SSSR count). The predicted octanol–water partition coefficient (Wildman–Crippen LogP) is 5.09. The number of hydrogen-bond acceptors (Lipinski definition) is 5. The summed E-state index contributed by atoms with van der Waals surface area (Å²) in [4.78, 5) is 34.0. The van der Waals surface area contributed by atoms with Crippen LogP contribution >= 0.6 is 0 Å². The SMILES string of the molecule is C[C@@H]1C[C@@H](CO)N(c2cc3c(cc2NC(=O)c2cccc(C(F)(F)F)n2)CN([C@H]2CC[C@H](C)CC2)C3=O)C1. The Morgan fingerprint density at radius 3 is 2.53 bits per heavy atom. The number of fused-ring (bicyclic) bond motifs is 1. The van der Waals surface area contributed by atoms with Crippen LogP contribution < -0.4 is 10.2 Å². The summed E-state index contributed by atoms with van der Waals surface area (Å²) in [6.07, 6.45) is 0.131. The Morgan fingerprint density at radius 1 is 1.11 bits per heavy atom. The van der Waals surface area contributed by atoms with Gasteiger partial charge in [-0.2, -0.15) is 13.2 Å². The maximum Gasteiger partial charge on any atom is 0.433 e. The van der Waals surface area contributed by atoms with Gasteiger partial charge < -0.3 is 20.2 Å². The third-order valence-corrected chi connectivity index (χ3v) is 8.14. The monoisotopic (exact) mass is 530 g/mol. The molecule has 0 bridgehead atoms. The second kappa shape index (κ2) is 10.2. The van der Waals surface area contributed by atoms with E-state index in [1.165, 1.54) is 6.07 Å². The minimum absolute atomic E-state index is 0.0361. The van der Waals surface area contributed by atoms with Gasteiger partial charge in [0.05, 0.1) is 24.0 Å². The smallest absolute Gasteiger partial charge is 0.394 e. The highest BCUT2D eigenvalue weighted by atomic mass is 19.4. The van der Waals surface area contributed by atoms with Gasteiger partial charge in [-0.25, -0.2) is 4.98 Å². The van der Waals surface area contributed by atoms with E-state index in [1.807, 2.05) is 9.80 Å². The summed E-state index contributed by atoms with van der Waals surface area (Å²) in [5.74, 6) is 0.126. The Hall–Kier alpha value is -3.14. The highest BCUT2D eigenvalue weighted by molar-refractivity contribution is 6.07. The van der Waals surface area contributed by atoms with E-state index < -0.39 is 17.8 Å². The third kappa shape index (κ3) is 5.10. The third-order valence-electron chi connectivity index (χ3n) is 8.14. The van der Waals surface area contributed by atoms with Crippen LogP contribution in [0.2, 0.25) is 0 Å². The number of alkyl halides is 3. The van der Waals surface area contributed by atoms with Crippen molar-refractivity contribution in [1.82, 2.24) is 9.88 Å². The zero-order valence-electron chi connectivity index (χ0n) is 21.6. The molecule has 2 amide bonds. The molecule has 1 aliphatic carbocycles. The summed E-state index contributed by atoms with van der Waals surface area (Å²) in [6, 6.07) is 6.72. The molecule has 1 aromatic heterocycles. The van der Waals surface area contributed by atoms with E-state index in [4.69, 9.17) is 0 Å². The maximum atomic E-state index is 13.5. The van der Waals surface area contributed by atoms with Crippen molar-refractivity contribution in [3.63, 3.8) is 0 Å². The molecule has 10 heteroatoms. The van der Waals surface area contributed by atoms with Crippen molar-refractivity contribution in [2.24, 2.45) is 11.8 Å². The number of aromatic nitrogens is 1. The molecule has 2 N–H and O–H groups in total. The topological polar surface area (TPSA) is 85.8 Å². The molecule has 3 heterocycles. The number of carbonyl (C=O) groups excluding carboxylic acids is 2. The number of aliphatic hydroxyl groups is 1. The molecule has 0 spiro atoms. The van der Waals surface area contributed by atoms with Crippen LogP contribution in [0.25, 0.3) is 0 Å². The van der Waals surface area contributed by atoms with E-state index in [1.54, 1.807) is 12.1 Å². The summed E-state index contributed by atoms with van der Waals surface area (Å²) in [5, 5.41) is 12.8. The van der Waals surface area contributed by atoms with E-state index in [2.05, 4.69) is 24.1 Å². The Kier molecular flexibility index (Phi) is 7.11. The molecule has 0 unspecified atom stereocenters. The van der Waals surface area contributed by atoms with Crippen LogP contribution in [-0.4, -0.2) is 52.0 Å². The molecular formula is C28H33F3N4O3. The van der Waals surface area contributed by atoms with Crippen molar-refractivity contribution in [3.8, 4) is 0 Å². The number of halogens is 3. The molecule has 1 saturated carbocycles. The minimum Gasteiger partial charge on any atom is -0.394 e. The normalized spacial score (nSPS) is 25.6. The maximum absolute atomic E-state index is 13.5. The quantitative estimate of drug-likeness (QED) is 0.562. The average molecular weight is 531 g/mol. The van der Waals surface area contributed by atoms with Gasteiger partial charge in [0, 0.05) is 24.7 Å². The van der Waals surface area contributed by atoms with E-state index in [9.17, 15) is 27.9 Å². The van der Waals surface area contributed by atoms with Crippen molar-refractivity contribution in [2.75, 3.05) is 23.4 Å². The Labute approximate surface area is 220 Å². The average Bonchev–Trinajstić information content (AvgIpc) is 3.42. The van der Waals surface area contributed by atoms with Crippen LogP contribution in [0.4, 0.5) is 24.5 Å². The zero-order valence-corrected chi connectivity index (χ0v) is 21.6. The summed E-state index contributed by atoms with van der Waals surface area (Å²) in [5.41, 5.74) is 0.833. The van der Waals surface area contributed by atoms with Crippen LogP contribution in [0.1, 0.15) is 78.1 Å². The summed E-state index contributed by atoms with van der Waals surface area (Å²) < 4.78 is 39.5. The molecular weight excluding hydrogens is 497 g/mol. The molecule has 1 aromatic carbocycles. The summed E-state index contributed by atoms with van der Waals surface area (Å²) >= 11 is 0. The first-order valence-electron chi connectivity index (χ1n) is 13.3. The summed E-state index contributed by atoms with van der Waals surface area (Å²) in [7, 11) is 0. The van der Waals surface area contributed by atoms with Crippen LogP contribution in [0.3, 0.4) is 0 Å². The number of hydrogen-bond donors (Lipinski definition) is 2.